The number of nitrogens with zero attached hydrogens (tertiary/aromatic N) is 3. The zero-order valence-electron chi connectivity index (χ0n) is 13.0. The van der Waals surface area contributed by atoms with Crippen molar-refractivity contribution < 1.29 is 9.59 Å². The topological polar surface area (TPSA) is 88.9 Å². The van der Waals surface area contributed by atoms with Gasteiger partial charge in [-0.1, -0.05) is 13.8 Å². The molecule has 2 aromatic heterocycles. The molecule has 2 rings (SSSR count). The summed E-state index contributed by atoms with van der Waals surface area (Å²) in [6, 6.07) is 0. The Kier molecular flexibility index (Phi) is 4.92. The van der Waals surface area contributed by atoms with E-state index in [0.29, 0.717) is 16.5 Å². The van der Waals surface area contributed by atoms with Crippen LogP contribution in [0.4, 0.5) is 5.69 Å². The zero-order chi connectivity index (χ0) is 16.3. The number of anilines is 1. The van der Waals surface area contributed by atoms with Crippen LogP contribution in [0.5, 0.6) is 0 Å². The Morgan fingerprint density at radius 3 is 2.73 bits per heavy atom. The summed E-state index contributed by atoms with van der Waals surface area (Å²) in [5, 5.41) is 10.3. The van der Waals surface area contributed by atoms with Crippen LogP contribution in [-0.2, 0) is 11.3 Å². The number of aromatic nitrogens is 3. The Balaban J connectivity index is 2.07. The molecule has 0 aliphatic rings. The average Bonchev–Trinajstić information content (AvgIpc) is 3.05. The summed E-state index contributed by atoms with van der Waals surface area (Å²) < 4.78 is 1.47. The maximum atomic E-state index is 12.3. The third-order valence-electron chi connectivity index (χ3n) is 2.99. The van der Waals surface area contributed by atoms with Gasteiger partial charge in [-0.15, -0.1) is 11.3 Å². The second kappa shape index (κ2) is 6.69. The highest BCUT2D eigenvalue weighted by Gasteiger charge is 2.17. The Morgan fingerprint density at radius 2 is 2.14 bits per heavy atom. The van der Waals surface area contributed by atoms with Gasteiger partial charge in [-0.3, -0.25) is 14.3 Å². The first-order valence-electron chi connectivity index (χ1n) is 6.92. The summed E-state index contributed by atoms with van der Waals surface area (Å²) >= 11 is 1.40. The maximum Gasteiger partial charge on any atom is 0.267 e. The van der Waals surface area contributed by atoms with Crippen molar-refractivity contribution in [3.05, 3.63) is 28.0 Å². The largest absolute Gasteiger partial charge is 0.358 e. The Hall–Kier alpha value is -2.22. The molecule has 0 atom stereocenters. The number of carbonyl (C=O) groups excluding carboxylic acids is 2. The van der Waals surface area contributed by atoms with Gasteiger partial charge in [-0.25, -0.2) is 4.98 Å². The van der Waals surface area contributed by atoms with Crippen molar-refractivity contribution in [2.24, 2.45) is 0 Å². The van der Waals surface area contributed by atoms with Gasteiger partial charge in [0.15, 0.2) is 0 Å². The normalized spacial score (nSPS) is 10.8. The molecular weight excluding hydrogens is 302 g/mol. The molecule has 0 saturated heterocycles. The minimum atomic E-state index is -0.207. The van der Waals surface area contributed by atoms with Gasteiger partial charge in [0, 0.05) is 19.2 Å². The van der Waals surface area contributed by atoms with Crippen molar-refractivity contribution >= 4 is 28.8 Å². The molecule has 7 nitrogen and oxygen atoms in total. The summed E-state index contributed by atoms with van der Waals surface area (Å²) in [5.74, 6) is -0.0668. The van der Waals surface area contributed by atoms with Gasteiger partial charge in [0.2, 0.25) is 5.91 Å². The predicted octanol–water partition coefficient (Wildman–Crippen LogP) is 1.77. The fourth-order valence-electron chi connectivity index (χ4n) is 1.80. The van der Waals surface area contributed by atoms with E-state index in [0.717, 1.165) is 10.7 Å². The maximum absolute atomic E-state index is 12.3. The molecule has 0 bridgehead atoms. The Labute approximate surface area is 132 Å². The zero-order valence-corrected chi connectivity index (χ0v) is 13.8. The highest BCUT2D eigenvalue weighted by atomic mass is 32.1. The third kappa shape index (κ3) is 3.70. The number of rotatable bonds is 5. The standard InChI is InChI=1S/C14H19N5O2S/c1-8(2)14-17-9(3)12(22-14)13(21)18-10-5-16-19(6-10)7-11(20)15-4/h5-6,8H,7H2,1-4H3,(H,15,20)(H,18,21). The molecule has 0 spiro atoms. The quantitative estimate of drug-likeness (QED) is 0.878. The number of nitrogens with one attached hydrogen (secondary N) is 2. The van der Waals surface area contributed by atoms with Crippen molar-refractivity contribution in [2.45, 2.75) is 33.2 Å². The number of aryl methyl sites for hydroxylation is 1. The Morgan fingerprint density at radius 1 is 1.41 bits per heavy atom. The van der Waals surface area contributed by atoms with E-state index in [4.69, 9.17) is 0 Å². The van der Waals surface area contributed by atoms with Crippen LogP contribution in [0.15, 0.2) is 12.4 Å². The number of carbonyl (C=O) groups is 2. The molecule has 2 N–H and O–H groups in total. The van der Waals surface area contributed by atoms with Crippen molar-refractivity contribution in [3.63, 3.8) is 0 Å². The molecule has 0 aromatic carbocycles. The molecule has 118 valence electrons. The predicted molar refractivity (Wildman–Crippen MR) is 85.2 cm³/mol. The van der Waals surface area contributed by atoms with E-state index < -0.39 is 0 Å². The summed E-state index contributed by atoms with van der Waals surface area (Å²) in [7, 11) is 1.56. The lowest BCUT2D eigenvalue weighted by molar-refractivity contribution is -0.121. The monoisotopic (exact) mass is 321 g/mol. The highest BCUT2D eigenvalue weighted by Crippen LogP contribution is 2.25. The smallest absolute Gasteiger partial charge is 0.267 e. The van der Waals surface area contributed by atoms with E-state index in [1.54, 1.807) is 13.2 Å². The van der Waals surface area contributed by atoms with Gasteiger partial charge in [-0.05, 0) is 6.92 Å². The van der Waals surface area contributed by atoms with Gasteiger partial charge < -0.3 is 10.6 Å². The minimum absolute atomic E-state index is 0.115. The van der Waals surface area contributed by atoms with Crippen LogP contribution in [0, 0.1) is 6.92 Å². The molecule has 0 fully saturated rings. The highest BCUT2D eigenvalue weighted by molar-refractivity contribution is 7.14. The number of amides is 2. The van der Waals surface area contributed by atoms with Crippen molar-refractivity contribution in [1.82, 2.24) is 20.1 Å². The van der Waals surface area contributed by atoms with E-state index in [2.05, 4.69) is 20.7 Å². The molecule has 8 heteroatoms. The van der Waals surface area contributed by atoms with Gasteiger partial charge in [0.05, 0.1) is 22.6 Å². The number of hydrogen-bond acceptors (Lipinski definition) is 5. The SMILES string of the molecule is CNC(=O)Cn1cc(NC(=O)c2sc(C(C)C)nc2C)cn1. The summed E-state index contributed by atoms with van der Waals surface area (Å²) in [6.07, 6.45) is 3.13. The molecule has 0 saturated carbocycles. The minimum Gasteiger partial charge on any atom is -0.358 e. The van der Waals surface area contributed by atoms with Crippen molar-refractivity contribution in [2.75, 3.05) is 12.4 Å². The molecular formula is C14H19N5O2S. The number of thiazole rings is 1. The van der Waals surface area contributed by atoms with Crippen molar-refractivity contribution in [3.8, 4) is 0 Å². The van der Waals surface area contributed by atoms with E-state index in [1.165, 1.54) is 22.2 Å². The van der Waals surface area contributed by atoms with Crippen LogP contribution in [0.25, 0.3) is 0 Å². The first-order chi connectivity index (χ1) is 10.4. The van der Waals surface area contributed by atoms with E-state index in [-0.39, 0.29) is 18.4 Å². The van der Waals surface area contributed by atoms with Crippen LogP contribution >= 0.6 is 11.3 Å². The summed E-state index contributed by atoms with van der Waals surface area (Å²) in [4.78, 5) is 28.6. The fourth-order valence-corrected chi connectivity index (χ4v) is 2.77. The average molecular weight is 321 g/mol. The van der Waals surface area contributed by atoms with E-state index in [1.807, 2.05) is 20.8 Å². The van der Waals surface area contributed by atoms with Gasteiger partial charge in [0.1, 0.15) is 11.4 Å². The lowest BCUT2D eigenvalue weighted by atomic mass is 10.2. The lowest BCUT2D eigenvalue weighted by Crippen LogP contribution is -2.23. The molecule has 0 aliphatic carbocycles. The summed E-state index contributed by atoms with van der Waals surface area (Å²) in [5.41, 5.74) is 1.27. The molecule has 22 heavy (non-hydrogen) atoms. The molecule has 2 aromatic rings. The number of likely N-dealkylation sites (N-methyl/N-ethyl adjacent to an activating group) is 1. The first-order valence-corrected chi connectivity index (χ1v) is 7.74. The molecule has 0 radical (unpaired) electrons. The molecule has 2 heterocycles. The summed E-state index contributed by atoms with van der Waals surface area (Å²) in [6.45, 7) is 6.03. The van der Waals surface area contributed by atoms with Crippen LogP contribution in [0.2, 0.25) is 0 Å². The second-order valence-corrected chi connectivity index (χ2v) is 6.21. The van der Waals surface area contributed by atoms with Gasteiger partial charge in [0.25, 0.3) is 5.91 Å². The third-order valence-corrected chi connectivity index (χ3v) is 4.45. The first kappa shape index (κ1) is 16.2. The van der Waals surface area contributed by atoms with E-state index >= 15 is 0 Å². The van der Waals surface area contributed by atoms with Gasteiger partial charge in [-0.2, -0.15) is 5.10 Å². The van der Waals surface area contributed by atoms with Crippen LogP contribution in [0.3, 0.4) is 0 Å². The van der Waals surface area contributed by atoms with Gasteiger partial charge >= 0.3 is 0 Å². The Bertz CT molecular complexity index is 689. The van der Waals surface area contributed by atoms with Crippen LogP contribution in [-0.4, -0.2) is 33.6 Å². The van der Waals surface area contributed by atoms with Crippen LogP contribution in [0.1, 0.15) is 40.1 Å². The molecule has 2 amide bonds. The molecule has 0 unspecified atom stereocenters. The van der Waals surface area contributed by atoms with Crippen LogP contribution < -0.4 is 10.6 Å². The van der Waals surface area contributed by atoms with Crippen molar-refractivity contribution in [1.29, 1.82) is 0 Å². The van der Waals surface area contributed by atoms with E-state index in [9.17, 15) is 9.59 Å². The number of hydrogen-bond donors (Lipinski definition) is 2. The molecule has 0 aliphatic heterocycles. The second-order valence-electron chi connectivity index (χ2n) is 5.18. The fraction of sp³-hybridized carbons (Fsp3) is 0.429. The lowest BCUT2D eigenvalue weighted by Gasteiger charge is -2.01.